The topological polar surface area (TPSA) is 40.5 Å². The summed E-state index contributed by atoms with van der Waals surface area (Å²) < 4.78 is 0. The molecule has 68 valence electrons. The molecule has 3 nitrogen and oxygen atoms in total. The van der Waals surface area contributed by atoms with Crippen LogP contribution in [0.2, 0.25) is 0 Å². The first-order chi connectivity index (χ1) is 4.42. The minimum Gasteiger partial charge on any atom is -0.480 e. The molecule has 0 fully saturated rings. The number of nitrogens with zero attached hydrogens (tertiary/aromatic N) is 1. The van der Waals surface area contributed by atoms with Gasteiger partial charge in [-0.2, -0.15) is 0 Å². The summed E-state index contributed by atoms with van der Waals surface area (Å²) in [6, 6.07) is 0. The molecule has 11 heavy (non-hydrogen) atoms. The summed E-state index contributed by atoms with van der Waals surface area (Å²) in [7, 11) is 1.80. The van der Waals surface area contributed by atoms with E-state index < -0.39 is 11.5 Å². The molecule has 4 heteroatoms. The Bertz CT molecular complexity index is 136. The summed E-state index contributed by atoms with van der Waals surface area (Å²) in [6.07, 6.45) is 0. The van der Waals surface area contributed by atoms with Crippen molar-refractivity contribution in [2.75, 3.05) is 13.6 Å². The van der Waals surface area contributed by atoms with E-state index in [1.54, 1.807) is 25.8 Å². The molecule has 0 amide bonds. The van der Waals surface area contributed by atoms with Gasteiger partial charge in [0.1, 0.15) is 5.54 Å². The Kier molecular flexibility index (Phi) is 5.53. The summed E-state index contributed by atoms with van der Waals surface area (Å²) in [5.41, 5.74) is -0.741. The van der Waals surface area contributed by atoms with Crippen LogP contribution in [0.4, 0.5) is 0 Å². The number of carboxylic acid groups (broad SMARTS) is 1. The van der Waals surface area contributed by atoms with E-state index in [9.17, 15) is 4.79 Å². The largest absolute Gasteiger partial charge is 0.480 e. The van der Waals surface area contributed by atoms with E-state index >= 15 is 0 Å². The maximum absolute atomic E-state index is 10.6. The summed E-state index contributed by atoms with van der Waals surface area (Å²) in [6.45, 7) is 6.07. The first-order valence-corrected chi connectivity index (χ1v) is 3.37. The maximum Gasteiger partial charge on any atom is 0.323 e. The predicted octanol–water partition coefficient (Wildman–Crippen LogP) is 1.22. The molecule has 0 aliphatic carbocycles. The van der Waals surface area contributed by atoms with Crippen molar-refractivity contribution >= 4 is 18.4 Å². The van der Waals surface area contributed by atoms with Crippen LogP contribution in [0.1, 0.15) is 20.8 Å². The monoisotopic (exact) mass is 181 g/mol. The number of carbonyl (C=O) groups is 1. The smallest absolute Gasteiger partial charge is 0.323 e. The van der Waals surface area contributed by atoms with Crippen molar-refractivity contribution in [3.05, 3.63) is 0 Å². The lowest BCUT2D eigenvalue weighted by Crippen LogP contribution is -2.47. The van der Waals surface area contributed by atoms with Crippen molar-refractivity contribution < 1.29 is 9.90 Å². The fraction of sp³-hybridized carbons (Fsp3) is 0.857. The summed E-state index contributed by atoms with van der Waals surface area (Å²) in [4.78, 5) is 12.4. The second kappa shape index (κ2) is 4.57. The van der Waals surface area contributed by atoms with Gasteiger partial charge in [-0.15, -0.1) is 12.4 Å². The Balaban J connectivity index is 0. The highest BCUT2D eigenvalue weighted by atomic mass is 35.5. The van der Waals surface area contributed by atoms with E-state index in [1.807, 2.05) is 6.92 Å². The fourth-order valence-corrected chi connectivity index (χ4v) is 0.559. The van der Waals surface area contributed by atoms with Crippen LogP contribution in [0.15, 0.2) is 0 Å². The zero-order chi connectivity index (χ0) is 8.36. The molecule has 0 aromatic carbocycles. The van der Waals surface area contributed by atoms with Crippen molar-refractivity contribution in [2.45, 2.75) is 26.3 Å². The molecule has 0 aliphatic rings. The molecule has 0 aromatic heterocycles. The summed E-state index contributed by atoms with van der Waals surface area (Å²) >= 11 is 0. The van der Waals surface area contributed by atoms with Gasteiger partial charge >= 0.3 is 5.97 Å². The van der Waals surface area contributed by atoms with Crippen molar-refractivity contribution in [3.63, 3.8) is 0 Å². The van der Waals surface area contributed by atoms with Crippen LogP contribution in [0, 0.1) is 0 Å². The molecule has 0 unspecified atom stereocenters. The molecule has 0 rings (SSSR count). The molecule has 0 bridgehead atoms. The van der Waals surface area contributed by atoms with E-state index in [0.717, 1.165) is 6.54 Å². The lowest BCUT2D eigenvalue weighted by Gasteiger charge is -2.29. The average molecular weight is 182 g/mol. The quantitative estimate of drug-likeness (QED) is 0.712. The second-order valence-corrected chi connectivity index (χ2v) is 2.88. The first-order valence-electron chi connectivity index (χ1n) is 3.37. The van der Waals surface area contributed by atoms with Crippen molar-refractivity contribution in [1.29, 1.82) is 0 Å². The number of likely N-dealkylation sites (N-methyl/N-ethyl adjacent to an activating group) is 1. The van der Waals surface area contributed by atoms with Gasteiger partial charge in [0.2, 0.25) is 0 Å². The molecule has 0 saturated carbocycles. The van der Waals surface area contributed by atoms with Crippen LogP contribution in [0.5, 0.6) is 0 Å². The minimum atomic E-state index is -0.781. The zero-order valence-electron chi connectivity index (χ0n) is 7.42. The molecular formula is C7H16ClNO2. The van der Waals surface area contributed by atoms with Crippen LogP contribution in [-0.4, -0.2) is 35.1 Å². The molecule has 0 saturated heterocycles. The Labute approximate surface area is 73.8 Å². The van der Waals surface area contributed by atoms with E-state index in [2.05, 4.69) is 0 Å². The van der Waals surface area contributed by atoms with Crippen molar-refractivity contribution in [2.24, 2.45) is 0 Å². The van der Waals surface area contributed by atoms with Gasteiger partial charge in [0.15, 0.2) is 0 Å². The van der Waals surface area contributed by atoms with E-state index in [4.69, 9.17) is 5.11 Å². The number of hydrogen-bond donors (Lipinski definition) is 1. The van der Waals surface area contributed by atoms with E-state index in [1.165, 1.54) is 0 Å². The third-order valence-corrected chi connectivity index (χ3v) is 1.95. The first kappa shape index (κ1) is 13.3. The Hall–Kier alpha value is -0.280. The molecule has 0 atom stereocenters. The molecule has 0 aromatic rings. The van der Waals surface area contributed by atoms with Gasteiger partial charge in [0, 0.05) is 0 Å². The van der Waals surface area contributed by atoms with Gasteiger partial charge in [0.25, 0.3) is 0 Å². The van der Waals surface area contributed by atoms with Gasteiger partial charge in [-0.1, -0.05) is 6.92 Å². The van der Waals surface area contributed by atoms with Gasteiger partial charge in [0.05, 0.1) is 0 Å². The third kappa shape index (κ3) is 3.08. The highest BCUT2D eigenvalue weighted by Crippen LogP contribution is 2.10. The van der Waals surface area contributed by atoms with Crippen LogP contribution in [0.25, 0.3) is 0 Å². The van der Waals surface area contributed by atoms with E-state index in [-0.39, 0.29) is 12.4 Å². The highest BCUT2D eigenvalue weighted by Gasteiger charge is 2.30. The molecular weight excluding hydrogens is 166 g/mol. The number of hydrogen-bond acceptors (Lipinski definition) is 2. The minimum absolute atomic E-state index is 0. The molecule has 0 radical (unpaired) electrons. The lowest BCUT2D eigenvalue weighted by atomic mass is 10.0. The van der Waals surface area contributed by atoms with Gasteiger partial charge in [-0.3, -0.25) is 9.69 Å². The van der Waals surface area contributed by atoms with E-state index in [0.29, 0.717) is 0 Å². The maximum atomic E-state index is 10.6. The van der Waals surface area contributed by atoms with Crippen LogP contribution >= 0.6 is 12.4 Å². The van der Waals surface area contributed by atoms with Crippen LogP contribution in [-0.2, 0) is 4.79 Å². The van der Waals surface area contributed by atoms with Gasteiger partial charge in [-0.25, -0.2) is 0 Å². The molecule has 0 aliphatic heterocycles. The zero-order valence-corrected chi connectivity index (χ0v) is 8.23. The second-order valence-electron chi connectivity index (χ2n) is 2.88. The lowest BCUT2D eigenvalue weighted by molar-refractivity contribution is -0.148. The highest BCUT2D eigenvalue weighted by molar-refractivity contribution is 5.85. The average Bonchev–Trinajstić information content (AvgIpc) is 1.86. The normalized spacial score (nSPS) is 11.0. The number of carboxylic acids is 1. The third-order valence-electron chi connectivity index (χ3n) is 1.95. The summed E-state index contributed by atoms with van der Waals surface area (Å²) in [5.74, 6) is -0.781. The standard InChI is InChI=1S/C7H15NO2.ClH/c1-5-8(4)7(2,3)6(9)10;/h5H2,1-4H3,(H,9,10);1H. The van der Waals surface area contributed by atoms with Crippen LogP contribution in [0.3, 0.4) is 0 Å². The number of halogens is 1. The van der Waals surface area contributed by atoms with Gasteiger partial charge < -0.3 is 5.11 Å². The fourth-order valence-electron chi connectivity index (χ4n) is 0.559. The molecule has 0 heterocycles. The summed E-state index contributed by atoms with van der Waals surface area (Å²) in [5, 5.41) is 8.70. The van der Waals surface area contributed by atoms with Gasteiger partial charge in [-0.05, 0) is 27.4 Å². The SMILES string of the molecule is CCN(C)C(C)(C)C(=O)O.Cl. The predicted molar refractivity (Wildman–Crippen MR) is 47.3 cm³/mol. The molecule has 1 N–H and O–H groups in total. The Morgan fingerprint density at radius 3 is 2.00 bits per heavy atom. The van der Waals surface area contributed by atoms with Crippen LogP contribution < -0.4 is 0 Å². The molecule has 0 spiro atoms. The number of aliphatic carboxylic acids is 1. The van der Waals surface area contributed by atoms with Crippen molar-refractivity contribution in [1.82, 2.24) is 4.90 Å². The van der Waals surface area contributed by atoms with Crippen molar-refractivity contribution in [3.8, 4) is 0 Å². The number of rotatable bonds is 3. The Morgan fingerprint density at radius 2 is 1.91 bits per heavy atom. The Morgan fingerprint density at radius 1 is 1.55 bits per heavy atom.